The third-order valence-corrected chi connectivity index (χ3v) is 5.43. The highest BCUT2D eigenvalue weighted by atomic mass is 35.5. The predicted octanol–water partition coefficient (Wildman–Crippen LogP) is 3.47. The normalized spacial score (nSPS) is 11.6. The topological polar surface area (TPSA) is 101 Å². The van der Waals surface area contributed by atoms with Crippen molar-refractivity contribution in [2.75, 3.05) is 4.72 Å². The predicted molar refractivity (Wildman–Crippen MR) is 99.4 cm³/mol. The van der Waals surface area contributed by atoms with Crippen molar-refractivity contribution in [2.24, 2.45) is 0 Å². The Kier molecular flexibility index (Phi) is 4.06. The average Bonchev–Trinajstić information content (AvgIpc) is 3.12. The minimum absolute atomic E-state index is 0.0591. The highest BCUT2D eigenvalue weighted by molar-refractivity contribution is 7.92. The van der Waals surface area contributed by atoms with Gasteiger partial charge in [0.1, 0.15) is 0 Å². The van der Waals surface area contributed by atoms with Crippen LogP contribution in [0.3, 0.4) is 0 Å². The molecule has 3 aromatic heterocycles. The Morgan fingerprint density at radius 1 is 0.962 bits per heavy atom. The number of aromatic nitrogens is 4. The molecule has 0 saturated carbocycles. The van der Waals surface area contributed by atoms with Crippen molar-refractivity contribution < 1.29 is 8.42 Å². The molecule has 0 spiro atoms. The molecular weight excluding hydrogens is 374 g/mol. The zero-order valence-electron chi connectivity index (χ0n) is 13.2. The zero-order chi connectivity index (χ0) is 18.1. The van der Waals surface area contributed by atoms with E-state index >= 15 is 0 Å². The summed E-state index contributed by atoms with van der Waals surface area (Å²) >= 11 is 6.08. The number of hydrogen-bond acceptors (Lipinski definition) is 5. The van der Waals surface area contributed by atoms with Crippen LogP contribution in [-0.2, 0) is 10.0 Å². The van der Waals surface area contributed by atoms with Crippen molar-refractivity contribution in [2.45, 2.75) is 4.90 Å². The van der Waals surface area contributed by atoms with Crippen molar-refractivity contribution in [3.05, 3.63) is 66.3 Å². The monoisotopic (exact) mass is 385 g/mol. The van der Waals surface area contributed by atoms with Crippen LogP contribution in [0.5, 0.6) is 0 Å². The summed E-state index contributed by atoms with van der Waals surface area (Å²) in [6, 6.07) is 11.5. The molecule has 130 valence electrons. The van der Waals surface area contributed by atoms with Crippen molar-refractivity contribution in [3.63, 3.8) is 0 Å². The molecule has 26 heavy (non-hydrogen) atoms. The fraction of sp³-hybridized carbons (Fsp3) is 0. The molecule has 0 unspecified atom stereocenters. The van der Waals surface area contributed by atoms with Gasteiger partial charge in [0.15, 0.2) is 10.8 Å². The fourth-order valence-electron chi connectivity index (χ4n) is 2.47. The van der Waals surface area contributed by atoms with Crippen molar-refractivity contribution >= 4 is 38.5 Å². The summed E-state index contributed by atoms with van der Waals surface area (Å²) in [5, 5.41) is 0.0591. The Balaban J connectivity index is 1.72. The van der Waals surface area contributed by atoms with Gasteiger partial charge in [-0.3, -0.25) is 4.72 Å². The number of nitrogens with zero attached hydrogens (tertiary/aromatic N) is 3. The average molecular weight is 386 g/mol. The van der Waals surface area contributed by atoms with E-state index in [2.05, 4.69) is 24.7 Å². The van der Waals surface area contributed by atoms with Crippen molar-refractivity contribution in [1.29, 1.82) is 0 Å². The van der Waals surface area contributed by atoms with E-state index in [1.807, 2.05) is 6.07 Å². The molecule has 4 rings (SSSR count). The van der Waals surface area contributed by atoms with Crippen LogP contribution in [0, 0.1) is 0 Å². The van der Waals surface area contributed by atoms with E-state index in [0.29, 0.717) is 11.2 Å². The fourth-order valence-corrected chi connectivity index (χ4v) is 3.75. The van der Waals surface area contributed by atoms with Crippen LogP contribution in [0.1, 0.15) is 0 Å². The molecule has 4 aromatic rings. The third-order valence-electron chi connectivity index (χ3n) is 3.74. The van der Waals surface area contributed by atoms with Gasteiger partial charge < -0.3 is 4.98 Å². The first-order valence-corrected chi connectivity index (χ1v) is 9.42. The Hall–Kier alpha value is -2.97. The number of hydrogen-bond donors (Lipinski definition) is 2. The summed E-state index contributed by atoms with van der Waals surface area (Å²) in [5.41, 5.74) is 2.98. The Labute approximate surface area is 154 Å². The molecule has 0 radical (unpaired) electrons. The molecule has 9 heteroatoms. The van der Waals surface area contributed by atoms with E-state index in [1.165, 1.54) is 12.1 Å². The van der Waals surface area contributed by atoms with E-state index in [4.69, 9.17) is 11.6 Å². The van der Waals surface area contributed by atoms with E-state index in [-0.39, 0.29) is 15.7 Å². The first-order chi connectivity index (χ1) is 12.5. The minimum Gasteiger partial charge on any atom is -0.343 e. The standard InChI is InChI=1S/C17H12ClN5O2S/c18-16-14(23-26(24,25)13-4-2-1-3-5-13)6-11(8-19-16)12-7-15-17(20-9-12)22-10-21-15/h1-10,23H,(H,20,21,22). The highest BCUT2D eigenvalue weighted by Gasteiger charge is 2.16. The summed E-state index contributed by atoms with van der Waals surface area (Å²) in [6.45, 7) is 0. The number of nitrogens with one attached hydrogen (secondary N) is 2. The summed E-state index contributed by atoms with van der Waals surface area (Å²) < 4.78 is 27.5. The molecule has 0 amide bonds. The van der Waals surface area contributed by atoms with E-state index in [0.717, 1.165) is 11.1 Å². The van der Waals surface area contributed by atoms with Crippen molar-refractivity contribution in [1.82, 2.24) is 19.9 Å². The molecule has 3 heterocycles. The molecule has 0 aliphatic carbocycles. The number of aromatic amines is 1. The number of rotatable bonds is 4. The maximum absolute atomic E-state index is 12.5. The second kappa shape index (κ2) is 6.40. The number of anilines is 1. The smallest absolute Gasteiger partial charge is 0.261 e. The molecule has 7 nitrogen and oxygen atoms in total. The lowest BCUT2D eigenvalue weighted by Crippen LogP contribution is -2.13. The van der Waals surface area contributed by atoms with Crippen LogP contribution in [0.25, 0.3) is 22.3 Å². The first kappa shape index (κ1) is 16.5. The SMILES string of the molecule is O=S(=O)(Nc1cc(-c2cnc3nc[nH]c3c2)cnc1Cl)c1ccccc1. The summed E-state index contributed by atoms with van der Waals surface area (Å²) in [5.74, 6) is 0. The molecule has 0 saturated heterocycles. The van der Waals surface area contributed by atoms with Gasteiger partial charge in [-0.2, -0.15) is 0 Å². The number of benzene rings is 1. The zero-order valence-corrected chi connectivity index (χ0v) is 14.8. The molecule has 1 aromatic carbocycles. The van der Waals surface area contributed by atoms with Gasteiger partial charge in [0.25, 0.3) is 10.0 Å². The van der Waals surface area contributed by atoms with Gasteiger partial charge in [-0.1, -0.05) is 29.8 Å². The van der Waals surface area contributed by atoms with Crippen LogP contribution in [0.4, 0.5) is 5.69 Å². The number of halogens is 1. The van der Waals surface area contributed by atoms with Gasteiger partial charge in [0.2, 0.25) is 0 Å². The maximum atomic E-state index is 12.5. The van der Waals surface area contributed by atoms with Gasteiger partial charge in [-0.05, 0) is 24.3 Å². The molecule has 0 atom stereocenters. The van der Waals surface area contributed by atoms with Crippen molar-refractivity contribution in [3.8, 4) is 11.1 Å². The van der Waals surface area contributed by atoms with E-state index < -0.39 is 10.0 Å². The third kappa shape index (κ3) is 3.12. The number of imidazole rings is 1. The number of sulfonamides is 1. The van der Waals surface area contributed by atoms with Gasteiger partial charge in [-0.15, -0.1) is 0 Å². The molecule has 0 fully saturated rings. The van der Waals surface area contributed by atoms with E-state index in [9.17, 15) is 8.42 Å². The lowest BCUT2D eigenvalue weighted by molar-refractivity contribution is 0.601. The molecule has 0 aliphatic rings. The van der Waals surface area contributed by atoms with Gasteiger partial charge in [0, 0.05) is 23.5 Å². The summed E-state index contributed by atoms with van der Waals surface area (Å²) in [7, 11) is -3.77. The van der Waals surface area contributed by atoms with E-state index in [1.54, 1.807) is 43.0 Å². The molecule has 0 bridgehead atoms. The minimum atomic E-state index is -3.77. The van der Waals surface area contributed by atoms with Gasteiger partial charge in [0.05, 0.1) is 22.4 Å². The number of H-pyrrole nitrogens is 1. The quantitative estimate of drug-likeness (QED) is 0.524. The lowest BCUT2D eigenvalue weighted by atomic mass is 10.1. The second-order valence-corrected chi connectivity index (χ2v) is 7.52. The lowest BCUT2D eigenvalue weighted by Gasteiger charge is -2.11. The maximum Gasteiger partial charge on any atom is 0.261 e. The highest BCUT2D eigenvalue weighted by Crippen LogP contribution is 2.29. The van der Waals surface area contributed by atoms with Crippen LogP contribution in [-0.4, -0.2) is 28.4 Å². The Bertz CT molecular complexity index is 1190. The van der Waals surface area contributed by atoms with Crippen LogP contribution in [0.15, 0.2) is 66.1 Å². The van der Waals surface area contributed by atoms with Gasteiger partial charge >= 0.3 is 0 Å². The molecule has 2 N–H and O–H groups in total. The number of pyridine rings is 2. The number of fused-ring (bicyclic) bond motifs is 1. The van der Waals surface area contributed by atoms with Crippen LogP contribution in [0.2, 0.25) is 5.15 Å². The Morgan fingerprint density at radius 2 is 1.69 bits per heavy atom. The largest absolute Gasteiger partial charge is 0.343 e. The summed E-state index contributed by atoms with van der Waals surface area (Å²) in [4.78, 5) is 15.5. The second-order valence-electron chi connectivity index (χ2n) is 5.48. The van der Waals surface area contributed by atoms with Gasteiger partial charge in [-0.25, -0.2) is 23.4 Å². The Morgan fingerprint density at radius 3 is 2.50 bits per heavy atom. The van der Waals surface area contributed by atoms with Crippen LogP contribution < -0.4 is 4.72 Å². The molecule has 0 aliphatic heterocycles. The van der Waals surface area contributed by atoms with Crippen LogP contribution >= 0.6 is 11.6 Å². The first-order valence-electron chi connectivity index (χ1n) is 7.56. The summed E-state index contributed by atoms with van der Waals surface area (Å²) in [6.07, 6.45) is 4.76. The molecular formula is C17H12ClN5O2S.